The molecule has 1 aliphatic carbocycles. The van der Waals surface area contributed by atoms with Gasteiger partial charge in [-0.15, -0.1) is 11.3 Å². The summed E-state index contributed by atoms with van der Waals surface area (Å²) in [6.45, 7) is 6.38. The molecule has 0 N–H and O–H groups in total. The first-order valence-corrected chi connectivity index (χ1v) is 8.01. The Bertz CT molecular complexity index is 484. The molecule has 0 spiro atoms. The van der Waals surface area contributed by atoms with Crippen molar-refractivity contribution in [2.24, 2.45) is 0 Å². The Morgan fingerprint density at radius 2 is 1.89 bits per heavy atom. The second-order valence-corrected chi connectivity index (χ2v) is 7.29. The van der Waals surface area contributed by atoms with Gasteiger partial charge in [0.25, 0.3) is 5.56 Å². The van der Waals surface area contributed by atoms with E-state index in [-0.39, 0.29) is 11.1 Å². The second-order valence-electron chi connectivity index (χ2n) is 6.46. The standard InChI is InChI=1S/C15H24N2OS/c1-15(2,3)17(4)14-16-13(18)12(10-19-14)11-8-6-5-7-9-11/h10-11H,5-9H2,1-4H3. The van der Waals surface area contributed by atoms with E-state index >= 15 is 0 Å². The summed E-state index contributed by atoms with van der Waals surface area (Å²) in [7, 11) is 2.00. The van der Waals surface area contributed by atoms with Crippen LogP contribution in [-0.2, 0) is 0 Å². The van der Waals surface area contributed by atoms with Gasteiger partial charge in [0.15, 0.2) is 5.13 Å². The average molecular weight is 280 g/mol. The molecular weight excluding hydrogens is 256 g/mol. The molecule has 1 saturated carbocycles. The van der Waals surface area contributed by atoms with Gasteiger partial charge in [-0.2, -0.15) is 4.98 Å². The first-order valence-electron chi connectivity index (χ1n) is 7.13. The summed E-state index contributed by atoms with van der Waals surface area (Å²) in [5.74, 6) is 0.444. The van der Waals surface area contributed by atoms with Crippen molar-refractivity contribution in [1.29, 1.82) is 0 Å². The second kappa shape index (κ2) is 5.61. The van der Waals surface area contributed by atoms with Crippen LogP contribution in [0.3, 0.4) is 0 Å². The van der Waals surface area contributed by atoms with Crippen LogP contribution in [-0.4, -0.2) is 17.6 Å². The number of rotatable bonds is 2. The average Bonchev–Trinajstić information content (AvgIpc) is 2.37. The molecule has 0 atom stereocenters. The smallest absolute Gasteiger partial charge is 0.276 e. The zero-order chi connectivity index (χ0) is 14.0. The van der Waals surface area contributed by atoms with Gasteiger partial charge >= 0.3 is 0 Å². The van der Waals surface area contributed by atoms with Crippen LogP contribution < -0.4 is 10.5 Å². The van der Waals surface area contributed by atoms with Crippen molar-refractivity contribution >= 4 is 16.5 Å². The van der Waals surface area contributed by atoms with Crippen LogP contribution in [0.4, 0.5) is 5.13 Å². The SMILES string of the molecule is CN(c1nc(=O)c(C2CCCCC2)cs1)C(C)(C)C. The van der Waals surface area contributed by atoms with E-state index in [1.165, 1.54) is 19.3 Å². The molecule has 0 aromatic carbocycles. The lowest BCUT2D eigenvalue weighted by Gasteiger charge is -2.32. The lowest BCUT2D eigenvalue weighted by molar-refractivity contribution is 0.441. The quantitative estimate of drug-likeness (QED) is 0.826. The summed E-state index contributed by atoms with van der Waals surface area (Å²) in [6.07, 6.45) is 6.11. The van der Waals surface area contributed by atoms with E-state index in [9.17, 15) is 4.79 Å². The van der Waals surface area contributed by atoms with Crippen molar-refractivity contribution in [1.82, 2.24) is 4.98 Å². The molecule has 0 amide bonds. The molecule has 1 heterocycles. The Morgan fingerprint density at radius 3 is 2.42 bits per heavy atom. The van der Waals surface area contributed by atoms with Gasteiger partial charge in [0.05, 0.1) is 0 Å². The maximum atomic E-state index is 12.2. The third-order valence-electron chi connectivity index (χ3n) is 4.07. The fourth-order valence-corrected chi connectivity index (χ4v) is 3.56. The third kappa shape index (κ3) is 3.35. The number of aromatic nitrogens is 1. The lowest BCUT2D eigenvalue weighted by Crippen LogP contribution is -2.39. The molecular formula is C15H24N2OS. The molecule has 1 aromatic heterocycles. The Labute approximate surface area is 119 Å². The van der Waals surface area contributed by atoms with Gasteiger partial charge in [-0.3, -0.25) is 4.79 Å². The topological polar surface area (TPSA) is 33.2 Å². The molecule has 0 radical (unpaired) electrons. The molecule has 0 bridgehead atoms. The zero-order valence-electron chi connectivity index (χ0n) is 12.4. The van der Waals surface area contributed by atoms with E-state index in [1.807, 2.05) is 12.4 Å². The highest BCUT2D eigenvalue weighted by atomic mass is 32.1. The molecule has 1 aromatic rings. The number of anilines is 1. The van der Waals surface area contributed by atoms with E-state index in [1.54, 1.807) is 11.3 Å². The summed E-state index contributed by atoms with van der Waals surface area (Å²) in [6, 6.07) is 0. The van der Waals surface area contributed by atoms with Gasteiger partial charge in [-0.25, -0.2) is 0 Å². The van der Waals surface area contributed by atoms with Crippen molar-refractivity contribution in [2.75, 3.05) is 11.9 Å². The first-order chi connectivity index (χ1) is 8.89. The minimum absolute atomic E-state index is 0.0116. The van der Waals surface area contributed by atoms with Crippen molar-refractivity contribution in [2.45, 2.75) is 64.3 Å². The van der Waals surface area contributed by atoms with Crippen LogP contribution in [0.2, 0.25) is 0 Å². The molecule has 106 valence electrons. The number of hydrogen-bond donors (Lipinski definition) is 0. The highest BCUT2D eigenvalue weighted by Gasteiger charge is 2.22. The maximum Gasteiger partial charge on any atom is 0.276 e. The minimum atomic E-state index is -0.0169. The fourth-order valence-electron chi connectivity index (χ4n) is 2.47. The predicted octanol–water partition coefficient (Wildman–Crippen LogP) is 3.79. The Hall–Kier alpha value is -0.900. The molecule has 0 aliphatic heterocycles. The Balaban J connectivity index is 2.24. The highest BCUT2D eigenvalue weighted by molar-refractivity contribution is 7.13. The molecule has 1 aliphatic rings. The van der Waals surface area contributed by atoms with E-state index in [0.717, 1.165) is 23.5 Å². The van der Waals surface area contributed by atoms with Crippen molar-refractivity contribution in [3.63, 3.8) is 0 Å². The summed E-state index contributed by atoms with van der Waals surface area (Å²) in [5, 5.41) is 2.86. The van der Waals surface area contributed by atoms with Crippen LogP contribution in [0.25, 0.3) is 0 Å². The summed E-state index contributed by atoms with van der Waals surface area (Å²) < 4.78 is 0. The van der Waals surface area contributed by atoms with Crippen LogP contribution in [0.5, 0.6) is 0 Å². The predicted molar refractivity (Wildman–Crippen MR) is 82.4 cm³/mol. The van der Waals surface area contributed by atoms with E-state index in [2.05, 4.69) is 30.7 Å². The molecule has 2 rings (SSSR count). The number of hydrogen-bond acceptors (Lipinski definition) is 4. The van der Waals surface area contributed by atoms with E-state index < -0.39 is 0 Å². The van der Waals surface area contributed by atoms with Crippen LogP contribution >= 0.6 is 11.3 Å². The Kier molecular flexibility index (Phi) is 4.29. The fraction of sp³-hybridized carbons (Fsp3) is 0.733. The Morgan fingerprint density at radius 1 is 1.26 bits per heavy atom. The maximum absolute atomic E-state index is 12.2. The van der Waals surface area contributed by atoms with Gasteiger partial charge in [0.1, 0.15) is 0 Å². The zero-order valence-corrected chi connectivity index (χ0v) is 13.2. The summed E-state index contributed by atoms with van der Waals surface area (Å²) in [5.41, 5.74) is 0.912. The van der Waals surface area contributed by atoms with Crippen molar-refractivity contribution in [3.05, 3.63) is 21.3 Å². The van der Waals surface area contributed by atoms with Gasteiger partial charge in [-0.1, -0.05) is 19.3 Å². The first kappa shape index (κ1) is 14.5. The lowest BCUT2D eigenvalue weighted by atomic mass is 9.85. The van der Waals surface area contributed by atoms with E-state index in [0.29, 0.717) is 5.92 Å². The van der Waals surface area contributed by atoms with E-state index in [4.69, 9.17) is 0 Å². The summed E-state index contributed by atoms with van der Waals surface area (Å²) in [4.78, 5) is 18.6. The summed E-state index contributed by atoms with van der Waals surface area (Å²) >= 11 is 1.60. The van der Waals surface area contributed by atoms with Crippen molar-refractivity contribution < 1.29 is 0 Å². The molecule has 4 heteroatoms. The highest BCUT2D eigenvalue weighted by Crippen LogP contribution is 2.32. The van der Waals surface area contributed by atoms with Crippen LogP contribution in [0.1, 0.15) is 64.4 Å². The monoisotopic (exact) mass is 280 g/mol. The molecule has 0 saturated heterocycles. The third-order valence-corrected chi connectivity index (χ3v) is 5.02. The van der Waals surface area contributed by atoms with Gasteiger partial charge < -0.3 is 4.90 Å². The van der Waals surface area contributed by atoms with Crippen LogP contribution in [0, 0.1) is 0 Å². The molecule has 3 nitrogen and oxygen atoms in total. The van der Waals surface area contributed by atoms with Crippen molar-refractivity contribution in [3.8, 4) is 0 Å². The van der Waals surface area contributed by atoms with Gasteiger partial charge in [-0.05, 0) is 39.5 Å². The van der Waals surface area contributed by atoms with Crippen LogP contribution in [0.15, 0.2) is 10.2 Å². The van der Waals surface area contributed by atoms with Gasteiger partial charge in [0, 0.05) is 23.5 Å². The van der Waals surface area contributed by atoms with Gasteiger partial charge in [0.2, 0.25) is 0 Å². The molecule has 19 heavy (non-hydrogen) atoms. The molecule has 1 fully saturated rings. The largest absolute Gasteiger partial charge is 0.346 e. The minimum Gasteiger partial charge on any atom is -0.346 e. The number of nitrogens with zero attached hydrogens (tertiary/aromatic N) is 2. The normalized spacial score (nSPS) is 17.5. The molecule has 0 unspecified atom stereocenters.